The Labute approximate surface area is 165 Å². The lowest BCUT2D eigenvalue weighted by molar-refractivity contribution is -0.254. The minimum atomic E-state index is -1.22. The second-order valence-electron chi connectivity index (χ2n) is 6.02. The number of fused-ring (bicyclic) bond motifs is 1. The summed E-state index contributed by atoms with van der Waals surface area (Å²) in [4.78, 5) is 29.1. The highest BCUT2D eigenvalue weighted by Crippen LogP contribution is 2.17. The third kappa shape index (κ3) is 4.26. The van der Waals surface area contributed by atoms with Gasteiger partial charge in [-0.05, 0) is 37.6 Å². The lowest BCUT2D eigenvalue weighted by Crippen LogP contribution is -2.25. The fourth-order valence-corrected chi connectivity index (χ4v) is 3.44. The molecule has 9 heteroatoms. The van der Waals surface area contributed by atoms with Crippen LogP contribution < -0.4 is 16.1 Å². The molecule has 0 aliphatic carbocycles. The molecule has 0 unspecified atom stereocenters. The maximum Gasteiger partial charge on any atom is 0.262 e. The zero-order valence-electron chi connectivity index (χ0n) is 15.5. The summed E-state index contributed by atoms with van der Waals surface area (Å²) in [6.07, 6.45) is 0.647. The number of anilines is 1. The summed E-state index contributed by atoms with van der Waals surface area (Å²) >= 11 is 1.07. The minimum Gasteiger partial charge on any atom is -0.544 e. The SMILES string of the molecule is COCCCn1c(N/N=C(/C)c2ccc(C(=O)[O-])s2)nc2ccccc2c1=O. The number of nitrogens with one attached hydrogen (secondary N) is 1. The number of hydrogen-bond donors (Lipinski definition) is 1. The molecule has 1 N–H and O–H groups in total. The summed E-state index contributed by atoms with van der Waals surface area (Å²) in [5.41, 5.74) is 3.84. The largest absolute Gasteiger partial charge is 0.544 e. The van der Waals surface area contributed by atoms with Crippen LogP contribution in [0.2, 0.25) is 0 Å². The van der Waals surface area contributed by atoms with E-state index in [9.17, 15) is 14.7 Å². The van der Waals surface area contributed by atoms with Crippen molar-refractivity contribution in [2.45, 2.75) is 19.9 Å². The number of aromatic nitrogens is 2. The topological polar surface area (TPSA) is 109 Å². The lowest BCUT2D eigenvalue weighted by atomic mass is 10.2. The minimum absolute atomic E-state index is 0.129. The Kier molecular flexibility index (Phi) is 6.17. The van der Waals surface area contributed by atoms with Gasteiger partial charge < -0.3 is 14.6 Å². The summed E-state index contributed by atoms with van der Waals surface area (Å²) in [5, 5.41) is 15.7. The van der Waals surface area contributed by atoms with Crippen molar-refractivity contribution in [1.82, 2.24) is 9.55 Å². The molecule has 0 fully saturated rings. The maximum absolute atomic E-state index is 12.9. The van der Waals surface area contributed by atoms with Gasteiger partial charge in [-0.15, -0.1) is 11.3 Å². The predicted octanol–water partition coefficient (Wildman–Crippen LogP) is 1.69. The van der Waals surface area contributed by atoms with Gasteiger partial charge in [-0.2, -0.15) is 5.10 Å². The number of para-hydroxylation sites is 1. The Balaban J connectivity index is 1.94. The molecule has 28 heavy (non-hydrogen) atoms. The van der Waals surface area contributed by atoms with E-state index in [0.717, 1.165) is 11.3 Å². The normalized spacial score (nSPS) is 11.7. The fraction of sp³-hybridized carbons (Fsp3) is 0.263. The number of hydrazone groups is 1. The number of carbonyl (C=O) groups excluding carboxylic acids is 1. The molecule has 0 atom stereocenters. The van der Waals surface area contributed by atoms with Gasteiger partial charge in [0.05, 0.1) is 32.3 Å². The number of nitrogens with zero attached hydrogens (tertiary/aromatic N) is 3. The fourth-order valence-electron chi connectivity index (χ4n) is 2.66. The van der Waals surface area contributed by atoms with Crippen molar-refractivity contribution in [2.24, 2.45) is 5.10 Å². The van der Waals surface area contributed by atoms with Crippen LogP contribution >= 0.6 is 11.3 Å². The third-order valence-corrected chi connectivity index (χ3v) is 5.25. The Morgan fingerprint density at radius 3 is 2.75 bits per heavy atom. The van der Waals surface area contributed by atoms with Crippen LogP contribution in [0, 0.1) is 0 Å². The van der Waals surface area contributed by atoms with Gasteiger partial charge in [0.15, 0.2) is 0 Å². The van der Waals surface area contributed by atoms with Crippen LogP contribution in [0.25, 0.3) is 10.9 Å². The van der Waals surface area contributed by atoms with Crippen molar-refractivity contribution in [1.29, 1.82) is 0 Å². The summed E-state index contributed by atoms with van der Waals surface area (Å²) < 4.78 is 6.60. The number of ether oxygens (including phenoxy) is 1. The molecule has 0 saturated heterocycles. The van der Waals surface area contributed by atoms with Crippen LogP contribution in [0.1, 0.15) is 27.9 Å². The number of aromatic carboxylic acids is 1. The van der Waals surface area contributed by atoms with Crippen LogP contribution in [-0.4, -0.2) is 34.9 Å². The van der Waals surface area contributed by atoms with Crippen molar-refractivity contribution >= 4 is 39.9 Å². The number of hydrogen-bond acceptors (Lipinski definition) is 8. The zero-order valence-corrected chi connectivity index (χ0v) is 16.3. The third-order valence-electron chi connectivity index (χ3n) is 4.08. The lowest BCUT2D eigenvalue weighted by Gasteiger charge is -2.13. The van der Waals surface area contributed by atoms with E-state index in [1.807, 2.05) is 6.07 Å². The quantitative estimate of drug-likeness (QED) is 0.351. The van der Waals surface area contributed by atoms with Crippen LogP contribution in [0.15, 0.2) is 46.3 Å². The first-order chi connectivity index (χ1) is 13.5. The van der Waals surface area contributed by atoms with E-state index in [1.54, 1.807) is 38.3 Å². The van der Waals surface area contributed by atoms with Crippen LogP contribution in [0.4, 0.5) is 5.95 Å². The van der Waals surface area contributed by atoms with Crippen LogP contribution in [-0.2, 0) is 11.3 Å². The van der Waals surface area contributed by atoms with E-state index < -0.39 is 5.97 Å². The average Bonchev–Trinajstić information content (AvgIpc) is 3.19. The van der Waals surface area contributed by atoms with Gasteiger partial charge in [-0.25, -0.2) is 10.4 Å². The highest BCUT2D eigenvalue weighted by molar-refractivity contribution is 7.15. The first-order valence-electron chi connectivity index (χ1n) is 8.61. The van der Waals surface area contributed by atoms with E-state index in [-0.39, 0.29) is 10.4 Å². The van der Waals surface area contributed by atoms with E-state index in [2.05, 4.69) is 15.5 Å². The molecule has 0 amide bonds. The highest BCUT2D eigenvalue weighted by atomic mass is 32.1. The molecule has 2 aromatic heterocycles. The summed E-state index contributed by atoms with van der Waals surface area (Å²) in [6.45, 7) is 2.68. The number of carboxylic acids is 1. The van der Waals surface area contributed by atoms with Crippen molar-refractivity contribution in [3.8, 4) is 0 Å². The smallest absolute Gasteiger partial charge is 0.262 e. The monoisotopic (exact) mass is 399 g/mol. The molecule has 3 aromatic rings. The Morgan fingerprint density at radius 1 is 1.29 bits per heavy atom. The van der Waals surface area contributed by atoms with Gasteiger partial charge >= 0.3 is 0 Å². The summed E-state index contributed by atoms with van der Waals surface area (Å²) in [5.74, 6) is -0.906. The molecule has 3 rings (SSSR count). The van der Waals surface area contributed by atoms with Gasteiger partial charge in [0.25, 0.3) is 5.56 Å². The number of methoxy groups -OCH3 is 1. The van der Waals surface area contributed by atoms with Gasteiger partial charge in [0, 0.05) is 20.3 Å². The second kappa shape index (κ2) is 8.77. The Morgan fingerprint density at radius 2 is 2.04 bits per heavy atom. The molecular weight excluding hydrogens is 380 g/mol. The molecule has 8 nitrogen and oxygen atoms in total. The number of rotatable bonds is 8. The molecule has 0 bridgehead atoms. The van der Waals surface area contributed by atoms with Crippen molar-refractivity contribution < 1.29 is 14.6 Å². The van der Waals surface area contributed by atoms with E-state index >= 15 is 0 Å². The van der Waals surface area contributed by atoms with Gasteiger partial charge in [-0.3, -0.25) is 9.36 Å². The Hall–Kier alpha value is -3.04. The summed E-state index contributed by atoms with van der Waals surface area (Å²) in [6, 6.07) is 10.3. The number of carbonyl (C=O) groups is 1. The predicted molar refractivity (Wildman–Crippen MR) is 107 cm³/mol. The maximum atomic E-state index is 12.9. The van der Waals surface area contributed by atoms with Crippen molar-refractivity contribution in [3.63, 3.8) is 0 Å². The van der Waals surface area contributed by atoms with Crippen LogP contribution in [0.3, 0.4) is 0 Å². The van der Waals surface area contributed by atoms with Gasteiger partial charge in [-0.1, -0.05) is 12.1 Å². The molecule has 2 heterocycles. The molecule has 0 aliphatic heterocycles. The number of thiophene rings is 1. The molecule has 0 aliphatic rings. The van der Waals surface area contributed by atoms with E-state index in [1.165, 1.54) is 10.6 Å². The highest BCUT2D eigenvalue weighted by Gasteiger charge is 2.11. The average molecular weight is 399 g/mol. The Bertz CT molecular complexity index is 1090. The molecular formula is C19H19N4O4S-. The second-order valence-corrected chi connectivity index (χ2v) is 7.10. The molecule has 146 valence electrons. The standard InChI is InChI=1S/C19H20N4O4S/c1-12(15-8-9-16(28-15)18(25)26)21-22-19-20-14-7-4-3-6-13(14)17(24)23(19)10-5-11-27-2/h3-4,6-9H,5,10-11H2,1-2H3,(H,20,22)(H,25,26)/p-1/b21-12-. The number of benzene rings is 1. The molecule has 0 saturated carbocycles. The first-order valence-corrected chi connectivity index (χ1v) is 9.43. The van der Waals surface area contributed by atoms with Gasteiger partial charge in [0.1, 0.15) is 0 Å². The molecule has 0 spiro atoms. The number of carboxylic acid groups (broad SMARTS) is 1. The van der Waals surface area contributed by atoms with Crippen molar-refractivity contribution in [2.75, 3.05) is 19.1 Å². The summed E-state index contributed by atoms with van der Waals surface area (Å²) in [7, 11) is 1.61. The van der Waals surface area contributed by atoms with E-state index in [0.29, 0.717) is 47.0 Å². The van der Waals surface area contributed by atoms with Crippen molar-refractivity contribution in [3.05, 3.63) is 56.5 Å². The van der Waals surface area contributed by atoms with E-state index in [4.69, 9.17) is 4.74 Å². The molecule has 1 aromatic carbocycles. The molecule has 0 radical (unpaired) electrons. The van der Waals surface area contributed by atoms with Gasteiger partial charge in [0.2, 0.25) is 5.95 Å². The van der Waals surface area contributed by atoms with Crippen LogP contribution in [0.5, 0.6) is 0 Å². The zero-order chi connectivity index (χ0) is 20.1. The first kappa shape index (κ1) is 19.7.